The predicted molar refractivity (Wildman–Crippen MR) is 98.6 cm³/mol. The third-order valence-electron chi connectivity index (χ3n) is 7.86. The molecule has 2 aliphatic carbocycles. The quantitative estimate of drug-likeness (QED) is 0.762. The molecule has 1 amide bonds. The Hall–Kier alpha value is -1.40. The van der Waals surface area contributed by atoms with E-state index in [2.05, 4.69) is 18.7 Å². The van der Waals surface area contributed by atoms with Gasteiger partial charge in [0.1, 0.15) is 6.04 Å². The van der Waals surface area contributed by atoms with Gasteiger partial charge in [-0.15, -0.1) is 0 Å². The van der Waals surface area contributed by atoms with Gasteiger partial charge in [-0.05, 0) is 36.2 Å². The minimum Gasteiger partial charge on any atom is -0.284 e. The molecule has 2 bridgehead atoms. The highest BCUT2D eigenvalue weighted by Crippen LogP contribution is 2.70. The van der Waals surface area contributed by atoms with Crippen LogP contribution in [0.3, 0.4) is 0 Å². The molecule has 0 aromatic heterocycles. The fourth-order valence-electron chi connectivity index (χ4n) is 6.13. The highest BCUT2D eigenvalue weighted by atomic mass is 32.2. The van der Waals surface area contributed by atoms with Crippen LogP contribution < -0.4 is 0 Å². The topological polar surface area (TPSA) is 57.5 Å². The Morgan fingerprint density at radius 1 is 1.23 bits per heavy atom. The Kier molecular flexibility index (Phi) is 3.29. The van der Waals surface area contributed by atoms with Gasteiger partial charge in [-0.3, -0.25) is 9.69 Å². The van der Waals surface area contributed by atoms with Crippen LogP contribution in [0.5, 0.6) is 0 Å². The number of fused-ring (bicyclic) bond motifs is 1. The first-order valence-corrected chi connectivity index (χ1v) is 11.2. The van der Waals surface area contributed by atoms with Gasteiger partial charge in [-0.25, -0.2) is 12.7 Å². The fraction of sp³-hybridized carbons (Fsp3) is 0.650. The molecule has 4 aliphatic rings. The van der Waals surface area contributed by atoms with Gasteiger partial charge in [0.15, 0.2) is 0 Å². The molecule has 5 rings (SSSR count). The fourth-order valence-corrected chi connectivity index (χ4v) is 8.70. The van der Waals surface area contributed by atoms with Gasteiger partial charge in [0.05, 0.1) is 11.8 Å². The molecule has 1 unspecified atom stereocenters. The first-order valence-electron chi connectivity index (χ1n) is 9.60. The van der Waals surface area contributed by atoms with E-state index in [1.54, 1.807) is 0 Å². The molecule has 2 saturated carbocycles. The summed E-state index contributed by atoms with van der Waals surface area (Å²) in [5, 5.41) is 0. The second kappa shape index (κ2) is 5.10. The molecular formula is C20H26N2O3S. The lowest BCUT2D eigenvalue weighted by atomic mass is 9.69. The SMILES string of the molecule is CC1(C)[C@H]2CC[C@@]13CS(=O)(=O)N(C(=O)[C@@H]1CN1Cc1ccccc1)[C@H]3C2. The smallest absolute Gasteiger partial charge is 0.255 e. The van der Waals surface area contributed by atoms with E-state index in [9.17, 15) is 13.2 Å². The third-order valence-corrected chi connectivity index (χ3v) is 9.77. The average Bonchev–Trinajstić information content (AvgIpc) is 3.19. The van der Waals surface area contributed by atoms with E-state index in [0.717, 1.165) is 24.8 Å². The van der Waals surface area contributed by atoms with Crippen LogP contribution in [0.4, 0.5) is 0 Å². The van der Waals surface area contributed by atoms with Crippen LogP contribution in [0, 0.1) is 16.7 Å². The lowest BCUT2D eigenvalue weighted by Crippen LogP contribution is -2.46. The van der Waals surface area contributed by atoms with Crippen molar-refractivity contribution >= 4 is 15.9 Å². The highest BCUT2D eigenvalue weighted by molar-refractivity contribution is 7.90. The molecular weight excluding hydrogens is 348 g/mol. The molecule has 6 heteroatoms. The molecule has 2 saturated heterocycles. The van der Waals surface area contributed by atoms with E-state index in [1.165, 1.54) is 4.31 Å². The monoisotopic (exact) mass is 374 g/mol. The summed E-state index contributed by atoms with van der Waals surface area (Å²) in [4.78, 5) is 15.2. The number of hydrogen-bond donors (Lipinski definition) is 0. The number of carbonyl (C=O) groups is 1. The molecule has 5 nitrogen and oxygen atoms in total. The van der Waals surface area contributed by atoms with Gasteiger partial charge >= 0.3 is 0 Å². The standard InChI is InChI=1S/C20H26N2O3S/c1-19(2)15-8-9-20(19)13-26(24,25)22(17(20)10-15)18(23)16-12-21(16)11-14-6-4-3-5-7-14/h3-7,15-17H,8-13H2,1-2H3/t15-,16-,17-,20-,21?/m0/s1. The Morgan fingerprint density at radius 2 is 1.96 bits per heavy atom. The minimum absolute atomic E-state index is 0.00699. The summed E-state index contributed by atoms with van der Waals surface area (Å²) in [5.41, 5.74) is 0.933. The zero-order valence-electron chi connectivity index (χ0n) is 15.4. The van der Waals surface area contributed by atoms with Crippen LogP contribution in [0.2, 0.25) is 0 Å². The number of carbonyl (C=O) groups excluding carboxylic acids is 1. The Balaban J connectivity index is 1.38. The molecule has 1 spiro atoms. The maximum absolute atomic E-state index is 13.2. The van der Waals surface area contributed by atoms with Gasteiger partial charge in [0, 0.05) is 18.5 Å². The molecule has 1 aromatic carbocycles. The van der Waals surface area contributed by atoms with E-state index in [4.69, 9.17) is 0 Å². The maximum atomic E-state index is 13.2. The zero-order chi connectivity index (χ0) is 18.3. The highest BCUT2D eigenvalue weighted by Gasteiger charge is 2.72. The zero-order valence-corrected chi connectivity index (χ0v) is 16.2. The number of rotatable bonds is 3. The van der Waals surface area contributed by atoms with E-state index < -0.39 is 10.0 Å². The van der Waals surface area contributed by atoms with Crippen molar-refractivity contribution in [3.63, 3.8) is 0 Å². The number of amides is 1. The van der Waals surface area contributed by atoms with Crippen molar-refractivity contribution in [2.24, 2.45) is 16.7 Å². The van der Waals surface area contributed by atoms with E-state index in [-0.39, 0.29) is 34.6 Å². The Labute approximate surface area is 155 Å². The normalized spacial score (nSPS) is 41.2. The summed E-state index contributed by atoms with van der Waals surface area (Å²) in [5.74, 6) is 0.509. The second-order valence-corrected chi connectivity index (χ2v) is 11.0. The molecule has 0 radical (unpaired) electrons. The maximum Gasteiger partial charge on any atom is 0.255 e. The molecule has 4 fully saturated rings. The summed E-state index contributed by atoms with van der Waals surface area (Å²) in [6, 6.07) is 9.64. The van der Waals surface area contributed by atoms with Gasteiger partial charge in [-0.1, -0.05) is 44.2 Å². The lowest BCUT2D eigenvalue weighted by Gasteiger charge is -2.37. The van der Waals surface area contributed by atoms with Crippen molar-refractivity contribution in [3.8, 4) is 0 Å². The third kappa shape index (κ3) is 2.06. The number of hydrogen-bond acceptors (Lipinski definition) is 4. The predicted octanol–water partition coefficient (Wildman–Crippen LogP) is 2.24. The van der Waals surface area contributed by atoms with Crippen LogP contribution in [0.25, 0.3) is 0 Å². The average molecular weight is 375 g/mol. The van der Waals surface area contributed by atoms with Crippen LogP contribution in [-0.4, -0.2) is 47.9 Å². The van der Waals surface area contributed by atoms with Gasteiger partial charge in [-0.2, -0.15) is 0 Å². The summed E-state index contributed by atoms with van der Waals surface area (Å²) in [6.07, 6.45) is 2.89. The van der Waals surface area contributed by atoms with Gasteiger partial charge in [0.25, 0.3) is 5.91 Å². The molecule has 26 heavy (non-hydrogen) atoms. The van der Waals surface area contributed by atoms with Crippen LogP contribution in [0.1, 0.15) is 38.7 Å². The first-order chi connectivity index (χ1) is 12.3. The number of nitrogens with zero attached hydrogens (tertiary/aromatic N) is 2. The Morgan fingerprint density at radius 3 is 2.65 bits per heavy atom. The summed E-state index contributed by atoms with van der Waals surface area (Å²) in [6.45, 7) is 5.79. The Bertz CT molecular complexity index is 866. The number of sulfonamides is 1. The summed E-state index contributed by atoms with van der Waals surface area (Å²) < 4.78 is 27.3. The van der Waals surface area contributed by atoms with Crippen molar-refractivity contribution < 1.29 is 13.2 Å². The van der Waals surface area contributed by atoms with E-state index >= 15 is 0 Å². The molecule has 1 aromatic rings. The van der Waals surface area contributed by atoms with Gasteiger partial charge < -0.3 is 0 Å². The lowest BCUT2D eigenvalue weighted by molar-refractivity contribution is -0.129. The summed E-state index contributed by atoms with van der Waals surface area (Å²) >= 11 is 0. The van der Waals surface area contributed by atoms with Crippen molar-refractivity contribution in [1.82, 2.24) is 9.21 Å². The molecule has 140 valence electrons. The largest absolute Gasteiger partial charge is 0.284 e. The van der Waals surface area contributed by atoms with Crippen molar-refractivity contribution in [2.45, 2.75) is 51.7 Å². The van der Waals surface area contributed by atoms with E-state index in [1.807, 2.05) is 30.3 Å². The van der Waals surface area contributed by atoms with Crippen molar-refractivity contribution in [3.05, 3.63) is 35.9 Å². The number of benzene rings is 1. The molecule has 2 aliphatic heterocycles. The van der Waals surface area contributed by atoms with Gasteiger partial charge in [0.2, 0.25) is 10.0 Å². The van der Waals surface area contributed by atoms with Crippen LogP contribution >= 0.6 is 0 Å². The van der Waals surface area contributed by atoms with E-state index in [0.29, 0.717) is 19.0 Å². The molecule has 5 atom stereocenters. The first kappa shape index (κ1) is 16.8. The van der Waals surface area contributed by atoms with Crippen LogP contribution in [0.15, 0.2) is 30.3 Å². The minimum atomic E-state index is -3.50. The second-order valence-electron chi connectivity index (χ2n) is 9.19. The molecule has 0 N–H and O–H groups in total. The summed E-state index contributed by atoms with van der Waals surface area (Å²) in [7, 11) is -3.50. The van der Waals surface area contributed by atoms with Crippen molar-refractivity contribution in [1.29, 1.82) is 0 Å². The van der Waals surface area contributed by atoms with Crippen molar-refractivity contribution in [2.75, 3.05) is 12.3 Å². The van der Waals surface area contributed by atoms with Crippen LogP contribution in [-0.2, 0) is 21.4 Å². The molecule has 2 heterocycles.